The van der Waals surface area contributed by atoms with E-state index < -0.39 is 36.5 Å². The number of piperazine rings is 1. The normalized spacial score (nSPS) is 22.4. The lowest BCUT2D eigenvalue weighted by Gasteiger charge is -2.30. The van der Waals surface area contributed by atoms with Crippen LogP contribution in [-0.2, 0) is 9.59 Å². The molecular formula is C24H48N4O6. The molecule has 1 saturated heterocycles. The molecule has 0 aromatic rings. The summed E-state index contributed by atoms with van der Waals surface area (Å²) in [6.07, 6.45) is 2.32. The zero-order valence-corrected chi connectivity index (χ0v) is 21.4. The molecule has 0 spiro atoms. The number of unbranched alkanes of at least 4 members (excludes halogenated alkanes) is 2. The van der Waals surface area contributed by atoms with Crippen LogP contribution in [0.3, 0.4) is 0 Å². The van der Waals surface area contributed by atoms with Crippen molar-refractivity contribution >= 4 is 11.8 Å². The Morgan fingerprint density at radius 3 is 1.18 bits per heavy atom. The van der Waals surface area contributed by atoms with Gasteiger partial charge in [-0.2, -0.15) is 0 Å². The zero-order chi connectivity index (χ0) is 25.7. The first kappa shape index (κ1) is 30.7. The van der Waals surface area contributed by atoms with E-state index in [4.69, 9.17) is 0 Å². The SMILES string of the molecule is C[C@H](O)CN(CCCCC1NC(=O)C(CCCCN(C[C@@H](C)O)C[C@@H](C)O)NC1=O)C[C@@H](C)O. The maximum Gasteiger partial charge on any atom is 0.243 e. The lowest BCUT2D eigenvalue weighted by Crippen LogP contribution is -2.61. The summed E-state index contributed by atoms with van der Waals surface area (Å²) in [4.78, 5) is 29.0. The van der Waals surface area contributed by atoms with Crippen molar-refractivity contribution in [2.75, 3.05) is 39.3 Å². The molecule has 10 heteroatoms. The minimum atomic E-state index is -0.529. The first-order valence-corrected chi connectivity index (χ1v) is 12.8. The van der Waals surface area contributed by atoms with Crippen molar-refractivity contribution in [2.24, 2.45) is 0 Å². The topological polar surface area (TPSA) is 146 Å². The molecule has 0 bridgehead atoms. The van der Waals surface area contributed by atoms with Crippen LogP contribution >= 0.6 is 0 Å². The van der Waals surface area contributed by atoms with Crippen LogP contribution in [0.15, 0.2) is 0 Å². The molecular weight excluding hydrogens is 440 g/mol. The summed E-state index contributed by atoms with van der Waals surface area (Å²) in [6, 6.07) is -1.06. The smallest absolute Gasteiger partial charge is 0.243 e. The highest BCUT2D eigenvalue weighted by molar-refractivity contribution is 5.96. The third-order valence-corrected chi connectivity index (χ3v) is 5.79. The van der Waals surface area contributed by atoms with Crippen LogP contribution in [0, 0.1) is 0 Å². The monoisotopic (exact) mass is 488 g/mol. The summed E-state index contributed by atoms with van der Waals surface area (Å²) in [5, 5.41) is 44.1. The molecule has 1 rings (SSSR count). The maximum atomic E-state index is 12.5. The lowest BCUT2D eigenvalue weighted by atomic mass is 10.0. The van der Waals surface area contributed by atoms with Gasteiger partial charge in [-0.25, -0.2) is 0 Å². The lowest BCUT2D eigenvalue weighted by molar-refractivity contribution is -0.137. The summed E-state index contributed by atoms with van der Waals surface area (Å²) in [6.45, 7) is 10.2. The average molecular weight is 489 g/mol. The number of carbonyl (C=O) groups is 2. The van der Waals surface area contributed by atoms with Crippen LogP contribution in [0.25, 0.3) is 0 Å². The van der Waals surface area contributed by atoms with Crippen molar-refractivity contribution in [1.29, 1.82) is 0 Å². The minimum absolute atomic E-state index is 0.153. The Balaban J connectivity index is 2.34. The largest absolute Gasteiger partial charge is 0.392 e. The van der Waals surface area contributed by atoms with E-state index in [1.54, 1.807) is 27.7 Å². The van der Waals surface area contributed by atoms with E-state index in [-0.39, 0.29) is 11.8 Å². The van der Waals surface area contributed by atoms with Gasteiger partial charge in [0.2, 0.25) is 11.8 Å². The van der Waals surface area contributed by atoms with Gasteiger partial charge in [-0.3, -0.25) is 19.4 Å². The van der Waals surface area contributed by atoms with Crippen molar-refractivity contribution in [3.63, 3.8) is 0 Å². The number of nitrogens with zero attached hydrogens (tertiary/aromatic N) is 2. The molecule has 2 unspecified atom stereocenters. The van der Waals surface area contributed by atoms with E-state index in [2.05, 4.69) is 10.6 Å². The number of aliphatic hydroxyl groups is 4. The summed E-state index contributed by atoms with van der Waals surface area (Å²) in [5.74, 6) is -0.307. The van der Waals surface area contributed by atoms with Crippen LogP contribution in [0.4, 0.5) is 0 Å². The molecule has 10 nitrogen and oxygen atoms in total. The van der Waals surface area contributed by atoms with E-state index >= 15 is 0 Å². The molecule has 2 amide bonds. The molecule has 1 aliphatic heterocycles. The van der Waals surface area contributed by atoms with Gasteiger partial charge in [0.15, 0.2) is 0 Å². The van der Waals surface area contributed by atoms with Gasteiger partial charge in [-0.1, -0.05) is 0 Å². The highest BCUT2D eigenvalue weighted by Gasteiger charge is 2.32. The van der Waals surface area contributed by atoms with Gasteiger partial charge in [-0.15, -0.1) is 0 Å². The number of hydrogen-bond donors (Lipinski definition) is 6. The molecule has 1 aliphatic rings. The molecule has 0 aromatic carbocycles. The Morgan fingerprint density at radius 1 is 0.618 bits per heavy atom. The van der Waals surface area contributed by atoms with E-state index in [1.807, 2.05) is 9.80 Å². The second kappa shape index (κ2) is 16.4. The number of hydrogen-bond acceptors (Lipinski definition) is 8. The Labute approximate surface area is 204 Å². The second-order valence-corrected chi connectivity index (χ2v) is 10.0. The van der Waals surface area contributed by atoms with Crippen LogP contribution < -0.4 is 10.6 Å². The average Bonchev–Trinajstić information content (AvgIpc) is 2.69. The van der Waals surface area contributed by atoms with Crippen LogP contribution in [0.5, 0.6) is 0 Å². The Bertz CT molecular complexity index is 518. The van der Waals surface area contributed by atoms with Crippen LogP contribution in [0.2, 0.25) is 0 Å². The number of aliphatic hydroxyl groups excluding tert-OH is 4. The molecule has 6 atom stereocenters. The van der Waals surface area contributed by atoms with Gasteiger partial charge in [0.05, 0.1) is 24.4 Å². The fourth-order valence-corrected chi connectivity index (χ4v) is 4.46. The third-order valence-electron chi connectivity index (χ3n) is 5.79. The molecule has 0 aliphatic carbocycles. The maximum absolute atomic E-state index is 12.5. The first-order chi connectivity index (χ1) is 16.0. The third kappa shape index (κ3) is 13.6. The Hall–Kier alpha value is -1.30. The number of rotatable bonds is 18. The van der Waals surface area contributed by atoms with Gasteiger partial charge in [-0.05, 0) is 79.3 Å². The number of amides is 2. The molecule has 0 saturated carbocycles. The summed E-state index contributed by atoms with van der Waals surface area (Å²) in [7, 11) is 0. The van der Waals surface area contributed by atoms with Gasteiger partial charge in [0, 0.05) is 26.2 Å². The highest BCUT2D eigenvalue weighted by Crippen LogP contribution is 2.12. The van der Waals surface area contributed by atoms with Crippen molar-refractivity contribution < 1.29 is 30.0 Å². The molecule has 200 valence electrons. The van der Waals surface area contributed by atoms with Crippen molar-refractivity contribution in [3.05, 3.63) is 0 Å². The number of carbonyl (C=O) groups excluding carboxylic acids is 2. The van der Waals surface area contributed by atoms with E-state index in [0.29, 0.717) is 52.1 Å². The molecule has 0 radical (unpaired) electrons. The van der Waals surface area contributed by atoms with E-state index in [1.165, 1.54) is 0 Å². The molecule has 6 N–H and O–H groups in total. The van der Waals surface area contributed by atoms with E-state index in [9.17, 15) is 30.0 Å². The summed E-state index contributed by atoms with van der Waals surface area (Å²) in [5.41, 5.74) is 0. The minimum Gasteiger partial charge on any atom is -0.392 e. The highest BCUT2D eigenvalue weighted by atomic mass is 16.3. The van der Waals surface area contributed by atoms with Crippen molar-refractivity contribution in [2.45, 2.75) is 103 Å². The molecule has 1 fully saturated rings. The van der Waals surface area contributed by atoms with E-state index in [0.717, 1.165) is 25.7 Å². The van der Waals surface area contributed by atoms with Gasteiger partial charge in [0.1, 0.15) is 12.1 Å². The quantitative estimate of drug-likeness (QED) is 0.141. The number of nitrogens with one attached hydrogen (secondary N) is 2. The summed E-state index contributed by atoms with van der Waals surface area (Å²) < 4.78 is 0. The van der Waals surface area contributed by atoms with Gasteiger partial charge < -0.3 is 31.1 Å². The van der Waals surface area contributed by atoms with Gasteiger partial charge >= 0.3 is 0 Å². The standard InChI is InChI=1S/C24H48N4O6/c1-17(29)13-27(14-18(2)30)11-7-5-9-21-23(33)26-22(24(34)25-21)10-6-8-12-28(15-19(3)31)16-20(4)32/h17-22,29-32H,5-16H2,1-4H3,(H,25,34)(H,26,33)/t17-,18-,19-,20+,21?,22?/m1/s1. The zero-order valence-electron chi connectivity index (χ0n) is 21.4. The summed E-state index contributed by atoms with van der Waals surface area (Å²) >= 11 is 0. The molecule has 34 heavy (non-hydrogen) atoms. The van der Waals surface area contributed by atoms with Crippen LogP contribution in [-0.4, -0.2) is 118 Å². The van der Waals surface area contributed by atoms with Gasteiger partial charge in [0.25, 0.3) is 0 Å². The molecule has 0 aromatic heterocycles. The van der Waals surface area contributed by atoms with Crippen LogP contribution in [0.1, 0.15) is 66.2 Å². The first-order valence-electron chi connectivity index (χ1n) is 12.8. The van der Waals surface area contributed by atoms with Crippen molar-refractivity contribution in [1.82, 2.24) is 20.4 Å². The fourth-order valence-electron chi connectivity index (χ4n) is 4.46. The fraction of sp³-hybridized carbons (Fsp3) is 0.917. The van der Waals surface area contributed by atoms with Crippen molar-refractivity contribution in [3.8, 4) is 0 Å². The predicted molar refractivity (Wildman–Crippen MR) is 131 cm³/mol. The Kier molecular flexibility index (Phi) is 14.8. The second-order valence-electron chi connectivity index (χ2n) is 10.0. The molecule has 1 heterocycles. The predicted octanol–water partition coefficient (Wildman–Crippen LogP) is -0.563. The Morgan fingerprint density at radius 2 is 0.912 bits per heavy atom.